The van der Waals surface area contributed by atoms with E-state index in [0.29, 0.717) is 0 Å². The average molecular weight is 1020 g/mol. The van der Waals surface area contributed by atoms with Crippen molar-refractivity contribution in [1.82, 2.24) is 9.13 Å². The highest BCUT2D eigenvalue weighted by Gasteiger charge is 2.22. The van der Waals surface area contributed by atoms with Crippen molar-refractivity contribution in [3.05, 3.63) is 315 Å². The van der Waals surface area contributed by atoms with Gasteiger partial charge in [-0.3, -0.25) is 0 Å². The summed E-state index contributed by atoms with van der Waals surface area (Å²) in [5.41, 5.74) is 21.1. The van der Waals surface area contributed by atoms with Crippen LogP contribution in [0.5, 0.6) is 0 Å². The predicted molar refractivity (Wildman–Crippen MR) is 339 cm³/mol. The topological polar surface area (TPSA) is 9.86 Å². The van der Waals surface area contributed by atoms with Gasteiger partial charge in [-0.05, 0) is 171 Å². The smallest absolute Gasteiger partial charge is 0.0535 e. The Hall–Kier alpha value is -10.5. The Bertz CT molecular complexity index is 4410. The van der Waals surface area contributed by atoms with Crippen molar-refractivity contribution in [3.8, 4) is 101 Å². The van der Waals surface area contributed by atoms with Crippen LogP contribution in [0.3, 0.4) is 0 Å². The molecule has 2 aromatic heterocycles. The second-order valence-corrected chi connectivity index (χ2v) is 20.8. The van der Waals surface area contributed by atoms with Gasteiger partial charge in [0.25, 0.3) is 0 Å². The molecular formula is C78H52N2. The summed E-state index contributed by atoms with van der Waals surface area (Å²) in [5, 5.41) is 9.76. The van der Waals surface area contributed by atoms with E-state index in [1.165, 1.54) is 87.6 Å². The van der Waals surface area contributed by atoms with Crippen molar-refractivity contribution in [2.75, 3.05) is 0 Å². The molecule has 0 aliphatic rings. The maximum Gasteiger partial charge on any atom is 0.0535 e. The van der Waals surface area contributed by atoms with Crippen molar-refractivity contribution >= 4 is 43.1 Å². The fraction of sp³-hybridized carbons (Fsp3) is 0. The molecule has 0 aliphatic heterocycles. The summed E-state index contributed by atoms with van der Waals surface area (Å²) in [7, 11) is 0. The third kappa shape index (κ3) is 8.13. The molecule has 0 atom stereocenters. The molecule has 2 heteroatoms. The van der Waals surface area contributed by atoms with Gasteiger partial charge in [-0.25, -0.2) is 0 Å². The highest BCUT2D eigenvalue weighted by Crippen LogP contribution is 2.49. The normalized spacial score (nSPS) is 11.5. The third-order valence-electron chi connectivity index (χ3n) is 16.2. The van der Waals surface area contributed by atoms with E-state index in [0.717, 1.165) is 56.4 Å². The number of fused-ring (bicyclic) bond motifs is 4. The van der Waals surface area contributed by atoms with Gasteiger partial charge in [-0.2, -0.15) is 0 Å². The molecule has 0 amide bonds. The number of aromatic nitrogens is 2. The molecule has 15 rings (SSSR count). The van der Waals surface area contributed by atoms with E-state index in [1.54, 1.807) is 0 Å². The summed E-state index contributed by atoms with van der Waals surface area (Å²) in [6.45, 7) is 0. The summed E-state index contributed by atoms with van der Waals surface area (Å²) >= 11 is 0. The van der Waals surface area contributed by atoms with Gasteiger partial charge in [0.1, 0.15) is 0 Å². The third-order valence-corrected chi connectivity index (χ3v) is 16.2. The zero-order valence-electron chi connectivity index (χ0n) is 43.9. The minimum Gasteiger partial charge on any atom is -0.309 e. The highest BCUT2D eigenvalue weighted by atomic mass is 15.0. The van der Waals surface area contributed by atoms with Gasteiger partial charge in [-0.15, -0.1) is 0 Å². The monoisotopic (exact) mass is 1020 g/mol. The van der Waals surface area contributed by atoms with Crippen LogP contribution >= 0.6 is 0 Å². The molecule has 0 fully saturated rings. The van der Waals surface area contributed by atoms with E-state index in [9.17, 15) is 0 Å². The molecule has 2 heterocycles. The molecule has 374 valence electrons. The van der Waals surface area contributed by atoms with Crippen molar-refractivity contribution in [2.45, 2.75) is 0 Å². The Balaban J connectivity index is 0.941. The molecule has 0 saturated heterocycles. The lowest BCUT2D eigenvalue weighted by atomic mass is 9.82. The maximum absolute atomic E-state index is 2.46. The largest absolute Gasteiger partial charge is 0.309 e. The number of hydrogen-bond acceptors (Lipinski definition) is 0. The number of hydrogen-bond donors (Lipinski definition) is 0. The lowest BCUT2D eigenvalue weighted by molar-refractivity contribution is 1.09. The van der Waals surface area contributed by atoms with Gasteiger partial charge in [0.2, 0.25) is 0 Å². The second-order valence-electron chi connectivity index (χ2n) is 20.8. The van der Waals surface area contributed by atoms with Crippen LogP contribution in [-0.2, 0) is 0 Å². The summed E-state index contributed by atoms with van der Waals surface area (Å²) in [4.78, 5) is 0. The molecule has 0 radical (unpaired) electrons. The molecule has 80 heavy (non-hydrogen) atoms. The Morgan fingerprint density at radius 1 is 0.175 bits per heavy atom. The second kappa shape index (κ2) is 19.8. The molecule has 2 nitrogen and oxygen atoms in total. The molecule has 0 bridgehead atoms. The van der Waals surface area contributed by atoms with Crippen LogP contribution < -0.4 is 0 Å². The molecule has 13 aromatic carbocycles. The lowest BCUT2D eigenvalue weighted by Gasteiger charge is -2.21. The van der Waals surface area contributed by atoms with E-state index in [2.05, 4.69) is 325 Å². The Labute approximate surface area is 466 Å². The van der Waals surface area contributed by atoms with Crippen LogP contribution in [0.2, 0.25) is 0 Å². The van der Waals surface area contributed by atoms with Crippen LogP contribution in [0.4, 0.5) is 0 Å². The minimum atomic E-state index is 1.11. The quantitative estimate of drug-likeness (QED) is 0.121. The first-order chi connectivity index (χ1) is 39.7. The van der Waals surface area contributed by atoms with E-state index in [-0.39, 0.29) is 0 Å². The van der Waals surface area contributed by atoms with Crippen LogP contribution in [0.15, 0.2) is 315 Å². The molecule has 0 aliphatic carbocycles. The standard InChI is InChI=1S/C78H52N2/c1-5-21-57(22-6-1)73-47-48-74(58-23-7-2-8-24-58)79(73)63-41-35-53(36-42-63)61-39-45-69-71(51-61)78(68-34-18-30-56-20-14-16-32-66(56)68)72-52-62(40-46-70(72)77(69)67-33-17-29-55-19-13-15-31-65(55)67)54-37-43-64(44-38-54)80-75(59-25-9-3-10-26-59)49-50-76(80)60-27-11-4-12-28-60/h1-52H. The summed E-state index contributed by atoms with van der Waals surface area (Å²) in [6.07, 6.45) is 0. The Kier molecular flexibility index (Phi) is 11.6. The van der Waals surface area contributed by atoms with Crippen molar-refractivity contribution in [2.24, 2.45) is 0 Å². The van der Waals surface area contributed by atoms with E-state index in [1.807, 2.05) is 0 Å². The zero-order chi connectivity index (χ0) is 52.9. The maximum atomic E-state index is 2.46. The molecular weight excluding hydrogens is 965 g/mol. The minimum absolute atomic E-state index is 1.11. The SMILES string of the molecule is c1ccc(-c2ccc(-c3ccccc3)n2-c2ccc(-c3ccc4c(-c5cccc6ccccc56)c5ccc(-c6ccc(-n7c(-c8ccccc8)ccc7-c7ccccc7)cc6)cc5c(-c5cccc6ccccc56)c4c3)cc2)cc1. The van der Waals surface area contributed by atoms with Crippen molar-refractivity contribution in [1.29, 1.82) is 0 Å². The molecule has 0 N–H and O–H groups in total. The molecule has 15 aromatic rings. The van der Waals surface area contributed by atoms with Crippen molar-refractivity contribution in [3.63, 3.8) is 0 Å². The molecule has 0 saturated carbocycles. The van der Waals surface area contributed by atoms with Crippen LogP contribution in [0.1, 0.15) is 0 Å². The van der Waals surface area contributed by atoms with E-state index < -0.39 is 0 Å². The first-order valence-electron chi connectivity index (χ1n) is 27.6. The van der Waals surface area contributed by atoms with Gasteiger partial charge in [0.05, 0.1) is 22.8 Å². The fourth-order valence-electron chi connectivity index (χ4n) is 12.4. The Morgan fingerprint density at radius 3 is 0.838 bits per heavy atom. The van der Waals surface area contributed by atoms with Gasteiger partial charge in [0, 0.05) is 11.4 Å². The first kappa shape index (κ1) is 46.7. The van der Waals surface area contributed by atoms with E-state index >= 15 is 0 Å². The van der Waals surface area contributed by atoms with Crippen LogP contribution in [0, 0.1) is 0 Å². The predicted octanol–water partition coefficient (Wildman–Crippen LogP) is 21.2. The first-order valence-corrected chi connectivity index (χ1v) is 27.6. The summed E-state index contributed by atoms with van der Waals surface area (Å²) in [6, 6.07) is 116. The molecule has 0 spiro atoms. The fourth-order valence-corrected chi connectivity index (χ4v) is 12.4. The number of nitrogens with zero attached hydrogens (tertiary/aromatic N) is 2. The van der Waals surface area contributed by atoms with Crippen molar-refractivity contribution < 1.29 is 0 Å². The number of benzene rings is 13. The Morgan fingerprint density at radius 2 is 0.475 bits per heavy atom. The number of rotatable bonds is 10. The zero-order valence-corrected chi connectivity index (χ0v) is 43.9. The van der Waals surface area contributed by atoms with Crippen LogP contribution in [0.25, 0.3) is 144 Å². The van der Waals surface area contributed by atoms with Gasteiger partial charge < -0.3 is 9.13 Å². The molecule has 0 unspecified atom stereocenters. The lowest BCUT2D eigenvalue weighted by Crippen LogP contribution is -1.99. The average Bonchev–Trinajstić information content (AvgIpc) is 4.32. The summed E-state index contributed by atoms with van der Waals surface area (Å²) < 4.78 is 4.79. The van der Waals surface area contributed by atoms with Gasteiger partial charge in [-0.1, -0.05) is 255 Å². The highest BCUT2D eigenvalue weighted by molar-refractivity contribution is 6.26. The van der Waals surface area contributed by atoms with E-state index in [4.69, 9.17) is 0 Å². The summed E-state index contributed by atoms with van der Waals surface area (Å²) in [5.74, 6) is 0. The van der Waals surface area contributed by atoms with Crippen LogP contribution in [-0.4, -0.2) is 9.13 Å². The van der Waals surface area contributed by atoms with Gasteiger partial charge in [0.15, 0.2) is 0 Å². The van der Waals surface area contributed by atoms with Gasteiger partial charge >= 0.3 is 0 Å².